The Balaban J connectivity index is 2.78. The smallest absolute Gasteiger partial charge is 0.407 e. The normalized spacial score (nSPS) is 31.2. The third-order valence-corrected chi connectivity index (χ3v) is 3.39. The molecule has 3 unspecified atom stereocenters. The predicted molar refractivity (Wildman–Crippen MR) is 62.4 cm³/mol. The summed E-state index contributed by atoms with van der Waals surface area (Å²) in [4.78, 5) is 12.8. The molecule has 94 valence electrons. The Hall–Kier alpha value is -0.770. The van der Waals surface area contributed by atoms with Gasteiger partial charge in [-0.15, -0.1) is 0 Å². The lowest BCUT2D eigenvalue weighted by atomic mass is 9.82. The van der Waals surface area contributed by atoms with E-state index in [9.17, 15) is 15.0 Å². The summed E-state index contributed by atoms with van der Waals surface area (Å²) in [5.41, 5.74) is -0.376. The van der Waals surface area contributed by atoms with E-state index in [1.165, 1.54) is 4.90 Å². The summed E-state index contributed by atoms with van der Waals surface area (Å²) in [6.45, 7) is 7.73. The summed E-state index contributed by atoms with van der Waals surface area (Å²) in [6, 6.07) is 0.0379. The molecule has 4 heteroatoms. The van der Waals surface area contributed by atoms with Gasteiger partial charge < -0.3 is 15.1 Å². The molecule has 1 aliphatic carbocycles. The van der Waals surface area contributed by atoms with Crippen molar-refractivity contribution in [1.82, 2.24) is 4.90 Å². The summed E-state index contributed by atoms with van der Waals surface area (Å²) >= 11 is 0. The Bertz CT molecular complexity index is 259. The van der Waals surface area contributed by atoms with E-state index in [4.69, 9.17) is 0 Å². The molecule has 0 aromatic heterocycles. The van der Waals surface area contributed by atoms with Crippen molar-refractivity contribution in [3.63, 3.8) is 0 Å². The quantitative estimate of drug-likeness (QED) is 0.725. The first-order valence-corrected chi connectivity index (χ1v) is 5.94. The molecule has 1 rings (SSSR count). The van der Waals surface area contributed by atoms with Crippen molar-refractivity contribution in [2.24, 2.45) is 5.92 Å². The molecule has 0 spiro atoms. The zero-order valence-electron chi connectivity index (χ0n) is 10.6. The van der Waals surface area contributed by atoms with E-state index in [0.717, 1.165) is 12.8 Å². The van der Waals surface area contributed by atoms with E-state index in [1.807, 2.05) is 27.7 Å². The molecule has 2 N–H and O–H groups in total. The van der Waals surface area contributed by atoms with Crippen molar-refractivity contribution in [2.45, 2.75) is 64.6 Å². The molecule has 1 fully saturated rings. The summed E-state index contributed by atoms with van der Waals surface area (Å²) in [5, 5.41) is 18.9. The van der Waals surface area contributed by atoms with Crippen molar-refractivity contribution in [1.29, 1.82) is 0 Å². The summed E-state index contributed by atoms with van der Waals surface area (Å²) in [5.74, 6) is 0.183. The van der Waals surface area contributed by atoms with E-state index in [2.05, 4.69) is 0 Å². The lowest BCUT2D eigenvalue weighted by Gasteiger charge is -2.43. The minimum Gasteiger partial charge on any atom is -0.465 e. The van der Waals surface area contributed by atoms with Gasteiger partial charge in [-0.25, -0.2) is 4.79 Å². The van der Waals surface area contributed by atoms with Crippen LogP contribution in [-0.2, 0) is 0 Å². The van der Waals surface area contributed by atoms with E-state index in [-0.39, 0.29) is 23.6 Å². The van der Waals surface area contributed by atoms with E-state index in [1.54, 1.807) is 0 Å². The molecular formula is C12H23NO3. The number of rotatable bonds is 1. The van der Waals surface area contributed by atoms with Gasteiger partial charge in [0.15, 0.2) is 0 Å². The topological polar surface area (TPSA) is 60.8 Å². The van der Waals surface area contributed by atoms with Gasteiger partial charge in [0.05, 0.1) is 6.10 Å². The van der Waals surface area contributed by atoms with Gasteiger partial charge in [-0.3, -0.25) is 0 Å². The zero-order chi connectivity index (χ0) is 12.5. The molecule has 0 aromatic carbocycles. The number of aliphatic hydroxyl groups is 1. The van der Waals surface area contributed by atoms with Crippen molar-refractivity contribution in [3.05, 3.63) is 0 Å². The highest BCUT2D eigenvalue weighted by Gasteiger charge is 2.37. The Morgan fingerprint density at radius 2 is 1.88 bits per heavy atom. The fraction of sp³-hybridized carbons (Fsp3) is 0.917. The van der Waals surface area contributed by atoms with Gasteiger partial charge in [-0.1, -0.05) is 6.92 Å². The van der Waals surface area contributed by atoms with Crippen molar-refractivity contribution in [2.75, 3.05) is 0 Å². The number of amides is 1. The molecule has 1 saturated carbocycles. The summed E-state index contributed by atoms with van der Waals surface area (Å²) in [6.07, 6.45) is 1.08. The van der Waals surface area contributed by atoms with Gasteiger partial charge >= 0.3 is 6.09 Å². The van der Waals surface area contributed by atoms with Crippen molar-refractivity contribution in [3.8, 4) is 0 Å². The maximum atomic E-state index is 11.3. The van der Waals surface area contributed by atoms with Crippen LogP contribution in [0.25, 0.3) is 0 Å². The number of carbonyl (C=O) groups is 1. The Morgan fingerprint density at radius 3 is 2.25 bits per heavy atom. The third kappa shape index (κ3) is 2.88. The number of hydrogen-bond acceptors (Lipinski definition) is 2. The second kappa shape index (κ2) is 4.62. The summed E-state index contributed by atoms with van der Waals surface area (Å²) < 4.78 is 0. The SMILES string of the molecule is CC1CC(N(C(=O)O)C(C)(C)C)CCC1O. The molecule has 1 aliphatic rings. The van der Waals surface area contributed by atoms with Crippen LogP contribution in [0.5, 0.6) is 0 Å². The van der Waals surface area contributed by atoms with Crippen LogP contribution in [0.15, 0.2) is 0 Å². The van der Waals surface area contributed by atoms with Gasteiger partial charge in [0.2, 0.25) is 0 Å². The van der Waals surface area contributed by atoms with Crippen LogP contribution >= 0.6 is 0 Å². The lowest BCUT2D eigenvalue weighted by Crippen LogP contribution is -2.53. The van der Waals surface area contributed by atoms with Crippen LogP contribution in [0, 0.1) is 5.92 Å². The van der Waals surface area contributed by atoms with Crippen LogP contribution < -0.4 is 0 Å². The molecule has 0 aliphatic heterocycles. The molecule has 0 bridgehead atoms. The van der Waals surface area contributed by atoms with E-state index >= 15 is 0 Å². The first-order chi connectivity index (χ1) is 7.23. The molecule has 0 radical (unpaired) electrons. The monoisotopic (exact) mass is 229 g/mol. The predicted octanol–water partition coefficient (Wildman–Crippen LogP) is 2.31. The van der Waals surface area contributed by atoms with Crippen molar-refractivity contribution < 1.29 is 15.0 Å². The standard InChI is InChI=1S/C12H23NO3/c1-8-7-9(5-6-10(8)14)13(11(15)16)12(2,3)4/h8-10,14H,5-7H2,1-4H3,(H,15,16). The molecule has 0 aromatic rings. The fourth-order valence-electron chi connectivity index (χ4n) is 2.58. The molecular weight excluding hydrogens is 206 g/mol. The van der Waals surface area contributed by atoms with Crippen molar-refractivity contribution >= 4 is 6.09 Å². The van der Waals surface area contributed by atoms with Gasteiger partial charge in [-0.05, 0) is 46.0 Å². The molecule has 1 amide bonds. The Labute approximate surface area is 97.3 Å². The number of aliphatic hydroxyl groups excluding tert-OH is 1. The van der Waals surface area contributed by atoms with E-state index < -0.39 is 6.09 Å². The highest BCUT2D eigenvalue weighted by molar-refractivity contribution is 5.66. The Morgan fingerprint density at radius 1 is 1.31 bits per heavy atom. The average molecular weight is 229 g/mol. The van der Waals surface area contributed by atoms with Crippen LogP contribution in [-0.4, -0.2) is 38.9 Å². The molecule has 0 saturated heterocycles. The first kappa shape index (κ1) is 13.3. The van der Waals surface area contributed by atoms with Gasteiger partial charge in [0, 0.05) is 11.6 Å². The maximum Gasteiger partial charge on any atom is 0.407 e. The average Bonchev–Trinajstić information content (AvgIpc) is 2.08. The van der Waals surface area contributed by atoms with Crippen LogP contribution in [0.1, 0.15) is 47.0 Å². The Kier molecular flexibility index (Phi) is 3.84. The van der Waals surface area contributed by atoms with Crippen LogP contribution in [0.4, 0.5) is 4.79 Å². The first-order valence-electron chi connectivity index (χ1n) is 5.94. The molecule has 16 heavy (non-hydrogen) atoms. The second-order valence-corrected chi connectivity index (χ2v) is 5.83. The van der Waals surface area contributed by atoms with Crippen LogP contribution in [0.2, 0.25) is 0 Å². The molecule has 4 nitrogen and oxygen atoms in total. The third-order valence-electron chi connectivity index (χ3n) is 3.39. The maximum absolute atomic E-state index is 11.3. The molecule has 3 atom stereocenters. The number of hydrogen-bond donors (Lipinski definition) is 2. The minimum atomic E-state index is -0.860. The van der Waals surface area contributed by atoms with Gasteiger partial charge in [-0.2, -0.15) is 0 Å². The minimum absolute atomic E-state index is 0.0379. The van der Waals surface area contributed by atoms with E-state index in [0.29, 0.717) is 6.42 Å². The van der Waals surface area contributed by atoms with Crippen LogP contribution in [0.3, 0.4) is 0 Å². The second-order valence-electron chi connectivity index (χ2n) is 5.83. The zero-order valence-corrected chi connectivity index (χ0v) is 10.6. The summed E-state index contributed by atoms with van der Waals surface area (Å²) in [7, 11) is 0. The largest absolute Gasteiger partial charge is 0.465 e. The number of carboxylic acid groups (broad SMARTS) is 1. The highest BCUT2D eigenvalue weighted by Crippen LogP contribution is 2.31. The number of nitrogens with zero attached hydrogens (tertiary/aromatic N) is 1. The fourth-order valence-corrected chi connectivity index (χ4v) is 2.58. The van der Waals surface area contributed by atoms with Gasteiger partial charge in [0.1, 0.15) is 0 Å². The molecule has 0 heterocycles. The highest BCUT2D eigenvalue weighted by atomic mass is 16.4. The lowest BCUT2D eigenvalue weighted by molar-refractivity contribution is 0.00609. The van der Waals surface area contributed by atoms with Gasteiger partial charge in [0.25, 0.3) is 0 Å².